The third-order valence-corrected chi connectivity index (χ3v) is 14.8. The smallest absolute Gasteiger partial charge is 0.260 e. The third-order valence-electron chi connectivity index (χ3n) is 11.4. The first-order valence-corrected chi connectivity index (χ1v) is 29.4. The van der Waals surface area contributed by atoms with Crippen molar-refractivity contribution in [3.05, 3.63) is 83.2 Å². The first kappa shape index (κ1) is 48.3. The molecule has 2 aromatic rings. The highest BCUT2D eigenvalue weighted by molar-refractivity contribution is 6.76. The minimum atomic E-state index is -1.41. The minimum absolute atomic E-state index is 0.0170. The van der Waals surface area contributed by atoms with Gasteiger partial charge in [0.05, 0.1) is 49.9 Å². The molecule has 0 fully saturated rings. The Morgan fingerprint density at radius 2 is 1.08 bits per heavy atom. The number of nitrogens with zero attached hydrogens (tertiary/aromatic N) is 4. The lowest BCUT2D eigenvalue weighted by atomic mass is 10.1. The average molecular weight is 916 g/mol. The Hall–Kier alpha value is -5.21. The molecule has 4 aliphatic heterocycles. The van der Waals surface area contributed by atoms with Crippen molar-refractivity contribution in [2.45, 2.75) is 89.6 Å². The van der Waals surface area contributed by atoms with Crippen molar-refractivity contribution in [2.75, 3.05) is 70.5 Å². The topological polar surface area (TPSA) is 163 Å². The Balaban J connectivity index is 1.21. The van der Waals surface area contributed by atoms with E-state index in [4.69, 9.17) is 34.2 Å². The summed E-state index contributed by atoms with van der Waals surface area (Å²) in [6.45, 7) is 17.1. The average Bonchev–Trinajstić information content (AvgIpc) is 3.85. The van der Waals surface area contributed by atoms with E-state index >= 15 is 0 Å². The Bertz CT molecular complexity index is 2210. The SMILES string of the molecule is C/C=C/C1=CN2C(=O)c3cc(OC)c(OCCCOc4cc5c(cc4OC)C(=O)N4C=C(/C=C/CN)C[C@H]4C(=O)N5COCC[Si](C)(C)C)cc3N(COCC[Si](C)(C)C)C(=O)[C@@H]2C1. The molecule has 64 heavy (non-hydrogen) atoms. The van der Waals surface area contributed by atoms with E-state index in [-0.39, 0.29) is 55.9 Å². The molecule has 0 bridgehead atoms. The van der Waals surface area contributed by atoms with Gasteiger partial charge in [-0.15, -0.1) is 0 Å². The second-order valence-corrected chi connectivity index (χ2v) is 30.0. The minimum Gasteiger partial charge on any atom is -0.493 e. The summed E-state index contributed by atoms with van der Waals surface area (Å²) in [7, 11) is 0.181. The highest BCUT2D eigenvalue weighted by Gasteiger charge is 2.44. The van der Waals surface area contributed by atoms with Gasteiger partial charge < -0.3 is 44.0 Å². The van der Waals surface area contributed by atoms with Crippen molar-refractivity contribution in [3.8, 4) is 23.0 Å². The predicted molar refractivity (Wildman–Crippen MR) is 253 cm³/mol. The molecule has 0 spiro atoms. The van der Waals surface area contributed by atoms with Crippen LogP contribution in [0.5, 0.6) is 23.0 Å². The number of amides is 4. The van der Waals surface area contributed by atoms with E-state index in [9.17, 15) is 19.2 Å². The van der Waals surface area contributed by atoms with Gasteiger partial charge in [0.15, 0.2) is 23.0 Å². The Labute approximate surface area is 379 Å². The zero-order chi connectivity index (χ0) is 46.3. The maximum absolute atomic E-state index is 14.3. The quantitative estimate of drug-likeness (QED) is 0.1000. The number of fused-ring (bicyclic) bond motifs is 4. The van der Waals surface area contributed by atoms with Crippen LogP contribution in [-0.4, -0.2) is 122 Å². The fourth-order valence-electron chi connectivity index (χ4n) is 7.82. The van der Waals surface area contributed by atoms with Crippen molar-refractivity contribution < 1.29 is 47.6 Å². The van der Waals surface area contributed by atoms with Gasteiger partial charge in [0.2, 0.25) is 0 Å². The highest BCUT2D eigenvalue weighted by Crippen LogP contribution is 2.43. The molecule has 6 rings (SSSR count). The van der Waals surface area contributed by atoms with E-state index in [0.717, 1.165) is 23.2 Å². The zero-order valence-corrected chi connectivity index (χ0v) is 40.9. The number of rotatable bonds is 21. The van der Waals surface area contributed by atoms with Gasteiger partial charge in [-0.05, 0) is 42.3 Å². The van der Waals surface area contributed by atoms with E-state index in [2.05, 4.69) is 39.3 Å². The largest absolute Gasteiger partial charge is 0.493 e. The van der Waals surface area contributed by atoms with Crippen molar-refractivity contribution in [3.63, 3.8) is 0 Å². The van der Waals surface area contributed by atoms with E-state index in [1.807, 2.05) is 25.2 Å². The maximum atomic E-state index is 14.3. The van der Waals surface area contributed by atoms with Crippen LogP contribution in [0.2, 0.25) is 51.4 Å². The molecule has 0 radical (unpaired) electrons. The van der Waals surface area contributed by atoms with Gasteiger partial charge in [-0.25, -0.2) is 0 Å². The van der Waals surface area contributed by atoms with Gasteiger partial charge in [0.25, 0.3) is 23.6 Å². The summed E-state index contributed by atoms with van der Waals surface area (Å²) in [4.78, 5) is 62.9. The summed E-state index contributed by atoms with van der Waals surface area (Å²) in [5, 5.41) is 0. The fourth-order valence-corrected chi connectivity index (χ4v) is 9.33. The number of methoxy groups -OCH3 is 2. The molecule has 4 aliphatic rings. The van der Waals surface area contributed by atoms with E-state index in [1.165, 1.54) is 28.9 Å². The zero-order valence-electron chi connectivity index (χ0n) is 38.9. The summed E-state index contributed by atoms with van der Waals surface area (Å²) >= 11 is 0. The summed E-state index contributed by atoms with van der Waals surface area (Å²) in [5.74, 6) is 0.202. The van der Waals surface area contributed by atoms with Gasteiger partial charge in [0.1, 0.15) is 25.5 Å². The van der Waals surface area contributed by atoms with E-state index in [1.54, 1.807) is 47.6 Å². The predicted octanol–water partition coefficient (Wildman–Crippen LogP) is 7.16. The molecule has 4 heterocycles. The van der Waals surface area contributed by atoms with Crippen LogP contribution in [0, 0.1) is 0 Å². The molecule has 0 unspecified atom stereocenters. The van der Waals surface area contributed by atoms with Gasteiger partial charge in [-0.1, -0.05) is 63.6 Å². The van der Waals surface area contributed by atoms with Crippen molar-refractivity contribution in [2.24, 2.45) is 5.73 Å². The molecule has 0 saturated heterocycles. The number of benzene rings is 2. The maximum Gasteiger partial charge on any atom is 0.260 e. The number of nitrogens with two attached hydrogens (primary N) is 1. The second-order valence-electron chi connectivity index (χ2n) is 18.7. The third kappa shape index (κ3) is 11.2. The first-order chi connectivity index (χ1) is 30.5. The number of hydrogen-bond donors (Lipinski definition) is 1. The van der Waals surface area contributed by atoms with Crippen LogP contribution < -0.4 is 34.5 Å². The molecule has 0 aromatic heterocycles. The number of carbonyl (C=O) groups excluding carboxylic acids is 4. The molecular weight excluding hydrogens is 851 g/mol. The summed E-state index contributed by atoms with van der Waals surface area (Å²) in [5.41, 5.74) is 8.76. The van der Waals surface area contributed by atoms with Gasteiger partial charge in [0, 0.05) is 79.7 Å². The van der Waals surface area contributed by atoms with Gasteiger partial charge in [-0.3, -0.25) is 29.0 Å². The molecule has 2 atom stereocenters. The lowest BCUT2D eigenvalue weighted by Gasteiger charge is -2.27. The number of carbonyl (C=O) groups is 4. The van der Waals surface area contributed by atoms with E-state index in [0.29, 0.717) is 79.0 Å². The van der Waals surface area contributed by atoms with Crippen molar-refractivity contribution >= 4 is 51.2 Å². The highest BCUT2D eigenvalue weighted by atomic mass is 28.3. The van der Waals surface area contributed by atoms with Crippen LogP contribution in [0.1, 0.15) is 46.9 Å². The summed E-state index contributed by atoms with van der Waals surface area (Å²) in [6, 6.07) is 6.96. The van der Waals surface area contributed by atoms with Crippen molar-refractivity contribution in [1.82, 2.24) is 9.80 Å². The molecule has 17 heteroatoms. The molecule has 346 valence electrons. The number of anilines is 2. The number of hydrogen-bond acceptors (Lipinski definition) is 11. The molecule has 2 N–H and O–H groups in total. The molecule has 4 amide bonds. The lowest BCUT2D eigenvalue weighted by molar-refractivity contribution is -0.123. The van der Waals surface area contributed by atoms with Crippen LogP contribution in [0.15, 0.2) is 72.1 Å². The molecular formula is C47H65N5O10Si2. The monoisotopic (exact) mass is 915 g/mol. The number of allylic oxidation sites excluding steroid dienone is 3. The van der Waals surface area contributed by atoms with Crippen LogP contribution >= 0.6 is 0 Å². The van der Waals surface area contributed by atoms with Gasteiger partial charge in [-0.2, -0.15) is 0 Å². The van der Waals surface area contributed by atoms with Crippen LogP contribution in [0.4, 0.5) is 11.4 Å². The van der Waals surface area contributed by atoms with Crippen LogP contribution in [-0.2, 0) is 19.1 Å². The van der Waals surface area contributed by atoms with Crippen molar-refractivity contribution in [1.29, 1.82) is 0 Å². The lowest BCUT2D eigenvalue weighted by Crippen LogP contribution is -2.45. The Morgan fingerprint density at radius 3 is 1.47 bits per heavy atom. The number of ether oxygens (including phenoxy) is 6. The Kier molecular flexibility index (Phi) is 15.6. The van der Waals surface area contributed by atoms with Gasteiger partial charge >= 0.3 is 0 Å². The molecule has 2 aromatic carbocycles. The van der Waals surface area contributed by atoms with Crippen LogP contribution in [0.3, 0.4) is 0 Å². The standard InChI is InChI=1S/C47H65N5O10Si2/c1-10-13-32-22-38-46(55)51(30-59-18-20-63(4,5)6)36-26-42(40(57-2)24-34(36)44(53)49(38)28-32)61-16-12-17-62-43-27-37-35(25-41(43)58-3)45(54)50-29-33(14-11-15-48)23-39(50)47(56)52(37)31-60-19-21-64(7,8)9/h10-11,13-14,24-29,38-39H,12,15-23,30-31,48H2,1-9H3/b13-10+,14-11+/t38-,39-/m0/s1. The second kappa shape index (κ2) is 20.7. The molecule has 15 nitrogen and oxygen atoms in total. The van der Waals surface area contributed by atoms with Crippen LogP contribution in [0.25, 0.3) is 0 Å². The molecule has 0 aliphatic carbocycles. The van der Waals surface area contributed by atoms with E-state index < -0.39 is 28.2 Å². The normalized spacial score (nSPS) is 18.8. The first-order valence-electron chi connectivity index (χ1n) is 22.0. The Morgan fingerprint density at radius 1 is 0.641 bits per heavy atom. The fraction of sp³-hybridized carbons (Fsp3) is 0.489. The molecule has 0 saturated carbocycles. The summed E-state index contributed by atoms with van der Waals surface area (Å²) < 4.78 is 36.3. The summed E-state index contributed by atoms with van der Waals surface area (Å²) in [6.07, 6.45) is 12.1.